The summed E-state index contributed by atoms with van der Waals surface area (Å²) in [4.78, 5) is 41.0. The number of ketones is 2. The van der Waals surface area contributed by atoms with E-state index in [0.29, 0.717) is 25.7 Å². The highest BCUT2D eigenvalue weighted by Gasteiger charge is 2.56. The van der Waals surface area contributed by atoms with Crippen LogP contribution in [0.2, 0.25) is 0 Å². The van der Waals surface area contributed by atoms with Crippen molar-refractivity contribution in [2.45, 2.75) is 175 Å². The Morgan fingerprint density at radius 2 is 1.53 bits per heavy atom. The lowest BCUT2D eigenvalue weighted by atomic mass is 9.74. The number of aromatic nitrogens is 3. The van der Waals surface area contributed by atoms with Gasteiger partial charge in [-0.25, -0.2) is 9.48 Å². The summed E-state index contributed by atoms with van der Waals surface area (Å²) in [5, 5.41) is 54.1. The van der Waals surface area contributed by atoms with Crippen LogP contribution in [-0.4, -0.2) is 101 Å². The topological polar surface area (TPSA) is 191 Å². The third-order valence-corrected chi connectivity index (χ3v) is 15.5. The Kier molecular flexibility index (Phi) is 18.5. The molecule has 1 spiro atoms. The van der Waals surface area contributed by atoms with Crippen molar-refractivity contribution in [3.8, 4) is 11.3 Å². The molecule has 5 rings (SSSR count). The number of aliphatic hydroxyl groups is 4. The number of hydrogen-bond donors (Lipinski definition) is 4. The Morgan fingerprint density at radius 1 is 0.848 bits per heavy atom. The van der Waals surface area contributed by atoms with Crippen LogP contribution in [0.1, 0.15) is 127 Å². The SMILES string of the molecule is CC[C@H]1/C=C/C=C/C[C@@H](C)[C@H](O)[C@@](C)(O)C(=O)[C@@H](C)[C@H](O)[C@@H](C)C(=O)[C@@H](C)[C@H](O)[C@@H](C)/C=C/C(=O)O[C@@H]2[C@H](C)[C@H](CC1)O[C@]1(CC[C@H](C)[C@H](C[C@H](C)n3cc(-c4ccccc4)nn3)O1)[C@@H]2C. The maximum atomic E-state index is 13.8. The van der Waals surface area contributed by atoms with Gasteiger partial charge in [0.25, 0.3) is 0 Å². The largest absolute Gasteiger partial charge is 0.458 e. The number of allylic oxidation sites excluding steroid dienone is 4. The van der Waals surface area contributed by atoms with Crippen LogP contribution in [-0.2, 0) is 28.6 Å². The molecular formula is C53H79N3O10. The van der Waals surface area contributed by atoms with Crippen molar-refractivity contribution in [3.63, 3.8) is 0 Å². The van der Waals surface area contributed by atoms with Gasteiger partial charge in [-0.15, -0.1) is 5.10 Å². The zero-order valence-electron chi connectivity index (χ0n) is 41.2. The molecule has 3 aliphatic rings. The second-order valence-corrected chi connectivity index (χ2v) is 20.4. The molecular weight excluding hydrogens is 839 g/mol. The van der Waals surface area contributed by atoms with Crippen LogP contribution in [0.5, 0.6) is 0 Å². The van der Waals surface area contributed by atoms with E-state index in [9.17, 15) is 34.8 Å². The molecule has 18 atom stereocenters. The van der Waals surface area contributed by atoms with Gasteiger partial charge in [0.2, 0.25) is 0 Å². The molecule has 2 fully saturated rings. The van der Waals surface area contributed by atoms with E-state index in [-0.39, 0.29) is 41.9 Å². The zero-order chi connectivity index (χ0) is 48.7. The van der Waals surface area contributed by atoms with Gasteiger partial charge in [0.05, 0.1) is 42.8 Å². The van der Waals surface area contributed by atoms with E-state index in [4.69, 9.17) is 14.2 Å². The number of Topliss-reactive ketones (excluding diaryl/α,β-unsaturated/α-hetero) is 2. The zero-order valence-corrected chi connectivity index (χ0v) is 41.2. The van der Waals surface area contributed by atoms with Crippen LogP contribution in [0.15, 0.2) is 73.0 Å². The Hall–Kier alpha value is -3.85. The molecule has 1 aromatic heterocycles. The number of esters is 1. The van der Waals surface area contributed by atoms with Gasteiger partial charge in [-0.05, 0) is 70.1 Å². The van der Waals surface area contributed by atoms with Gasteiger partial charge < -0.3 is 34.6 Å². The first kappa shape index (κ1) is 53.1. The van der Waals surface area contributed by atoms with Crippen molar-refractivity contribution in [3.05, 3.63) is 73.0 Å². The summed E-state index contributed by atoms with van der Waals surface area (Å²) in [7, 11) is 0. The van der Waals surface area contributed by atoms with E-state index in [0.717, 1.165) is 30.5 Å². The monoisotopic (exact) mass is 918 g/mol. The lowest BCUT2D eigenvalue weighted by Gasteiger charge is -2.55. The molecule has 2 bridgehead atoms. The van der Waals surface area contributed by atoms with Crippen molar-refractivity contribution < 1.29 is 49.0 Å². The Bertz CT molecular complexity index is 2000. The maximum absolute atomic E-state index is 13.8. The summed E-state index contributed by atoms with van der Waals surface area (Å²) < 4.78 is 22.6. The molecule has 0 amide bonds. The van der Waals surface area contributed by atoms with E-state index >= 15 is 0 Å². The molecule has 13 heteroatoms. The summed E-state index contributed by atoms with van der Waals surface area (Å²) in [5.74, 6) is -7.33. The lowest BCUT2D eigenvalue weighted by Crippen LogP contribution is -2.62. The summed E-state index contributed by atoms with van der Waals surface area (Å²) in [6, 6.07) is 9.95. The maximum Gasteiger partial charge on any atom is 0.330 e. The van der Waals surface area contributed by atoms with Crippen molar-refractivity contribution >= 4 is 17.5 Å². The molecule has 1 aromatic carbocycles. The summed E-state index contributed by atoms with van der Waals surface area (Å²) in [6.07, 6.45) is 12.5. The van der Waals surface area contributed by atoms with Crippen LogP contribution in [0, 0.1) is 53.3 Å². The van der Waals surface area contributed by atoms with Crippen molar-refractivity contribution in [1.82, 2.24) is 15.0 Å². The van der Waals surface area contributed by atoms with Gasteiger partial charge in [-0.1, -0.05) is 128 Å². The lowest BCUT2D eigenvalue weighted by molar-refractivity contribution is -0.370. The standard InChI is InChI=1S/C53H79N3O10/c1-12-40-20-16-13-15-19-33(4)50(61)52(11,63)51(62)38(9)48(60)37(8)47(59)36(7)46(58)32(3)23-26-45(57)64-49-35(6)43(25-24-40)65-53(39(49)10)28-27-31(2)44(66-53)29-34(5)56-30-42(54-55-56)41-21-17-14-18-22-41/h13-18,20-23,26,30-40,43-44,46,48-50,58,60-61,63H,12,19,24-25,27-29H2,1-11H3/b15-13+,20-16+,26-23+/t31-,32-,33+,34-,35+,36-,37-,38-,39+,40-,43-,44-,46+,48+,49+,50-,52+,53-/m0/s1. The number of rotatable bonds is 5. The van der Waals surface area contributed by atoms with Crippen LogP contribution >= 0.6 is 0 Å². The normalized spacial score (nSPS) is 41.4. The molecule has 66 heavy (non-hydrogen) atoms. The number of aliphatic hydroxyl groups excluding tert-OH is 3. The third-order valence-electron chi connectivity index (χ3n) is 15.5. The van der Waals surface area contributed by atoms with Gasteiger partial charge in [0, 0.05) is 53.6 Å². The average Bonchev–Trinajstić information content (AvgIpc) is 3.82. The molecule has 0 radical (unpaired) electrons. The molecule has 4 heterocycles. The predicted molar refractivity (Wildman–Crippen MR) is 253 cm³/mol. The van der Waals surface area contributed by atoms with Crippen LogP contribution in [0.4, 0.5) is 0 Å². The highest BCUT2D eigenvalue weighted by atomic mass is 16.7. The first-order chi connectivity index (χ1) is 31.1. The van der Waals surface area contributed by atoms with Gasteiger partial charge in [0.1, 0.15) is 23.2 Å². The average molecular weight is 918 g/mol. The van der Waals surface area contributed by atoms with Crippen molar-refractivity contribution in [2.75, 3.05) is 0 Å². The molecule has 2 saturated heterocycles. The van der Waals surface area contributed by atoms with Crippen LogP contribution in [0.25, 0.3) is 11.3 Å². The minimum absolute atomic E-state index is 0.0209. The highest BCUT2D eigenvalue weighted by molar-refractivity contribution is 5.91. The number of ether oxygens (including phenoxy) is 3. The number of benzene rings is 1. The Balaban J connectivity index is 1.42. The molecule has 4 N–H and O–H groups in total. The van der Waals surface area contributed by atoms with Gasteiger partial charge in [0.15, 0.2) is 11.6 Å². The smallest absolute Gasteiger partial charge is 0.330 e. The number of nitrogens with zero attached hydrogens (tertiary/aromatic N) is 3. The molecule has 0 aliphatic carbocycles. The fraction of sp³-hybridized carbons (Fsp3) is 0.679. The minimum Gasteiger partial charge on any atom is -0.458 e. The quantitative estimate of drug-likeness (QED) is 0.212. The highest BCUT2D eigenvalue weighted by Crippen LogP contribution is 2.49. The molecule has 0 saturated carbocycles. The minimum atomic E-state index is -2.19. The number of fused-ring (bicyclic) bond motifs is 2. The fourth-order valence-electron chi connectivity index (χ4n) is 10.4. The van der Waals surface area contributed by atoms with E-state index in [2.05, 4.69) is 44.1 Å². The third kappa shape index (κ3) is 12.2. The van der Waals surface area contributed by atoms with E-state index in [1.54, 1.807) is 20.8 Å². The Labute approximate surface area is 393 Å². The van der Waals surface area contributed by atoms with E-state index in [1.807, 2.05) is 66.4 Å². The van der Waals surface area contributed by atoms with Crippen molar-refractivity contribution in [1.29, 1.82) is 0 Å². The van der Waals surface area contributed by atoms with E-state index < -0.39 is 82.9 Å². The van der Waals surface area contributed by atoms with Gasteiger partial charge in [-0.3, -0.25) is 9.59 Å². The summed E-state index contributed by atoms with van der Waals surface area (Å²) in [6.45, 7) is 19.7. The first-order valence-corrected chi connectivity index (χ1v) is 24.5. The molecule has 366 valence electrons. The summed E-state index contributed by atoms with van der Waals surface area (Å²) >= 11 is 0. The predicted octanol–water partition coefficient (Wildman–Crippen LogP) is 8.02. The van der Waals surface area contributed by atoms with Crippen LogP contribution in [0.3, 0.4) is 0 Å². The number of carbonyl (C=O) groups is 3. The second-order valence-electron chi connectivity index (χ2n) is 20.4. The number of carbonyl (C=O) groups excluding carboxylic acids is 3. The van der Waals surface area contributed by atoms with E-state index in [1.165, 1.54) is 32.9 Å². The Morgan fingerprint density at radius 3 is 2.21 bits per heavy atom. The van der Waals surface area contributed by atoms with Crippen molar-refractivity contribution in [2.24, 2.45) is 53.3 Å². The fourth-order valence-corrected chi connectivity index (χ4v) is 10.4. The first-order valence-electron chi connectivity index (χ1n) is 24.5. The number of hydrogen-bond acceptors (Lipinski definition) is 12. The molecule has 3 aliphatic heterocycles. The van der Waals surface area contributed by atoms with Gasteiger partial charge in [-0.2, -0.15) is 0 Å². The summed E-state index contributed by atoms with van der Waals surface area (Å²) in [5.41, 5.74) is -0.391. The molecule has 13 nitrogen and oxygen atoms in total. The second kappa shape index (κ2) is 23.0. The molecule has 0 unspecified atom stereocenters. The van der Waals surface area contributed by atoms with Gasteiger partial charge >= 0.3 is 5.97 Å². The molecule has 2 aromatic rings. The van der Waals surface area contributed by atoms with Crippen LogP contribution < -0.4 is 0 Å².